The predicted octanol–water partition coefficient (Wildman–Crippen LogP) is 1.54. The van der Waals surface area contributed by atoms with E-state index < -0.39 is 0 Å². The highest BCUT2D eigenvalue weighted by molar-refractivity contribution is 5.46. The Labute approximate surface area is 84.3 Å². The van der Waals surface area contributed by atoms with Gasteiger partial charge in [-0.15, -0.1) is 0 Å². The maximum absolute atomic E-state index is 10.4. The predicted molar refractivity (Wildman–Crippen MR) is 55.2 cm³/mol. The summed E-state index contributed by atoms with van der Waals surface area (Å²) in [5.74, 6) is 0.842. The molecule has 0 aliphatic carbocycles. The molecule has 0 atom stereocenters. The van der Waals surface area contributed by atoms with Crippen LogP contribution in [0, 0.1) is 0 Å². The van der Waals surface area contributed by atoms with Crippen LogP contribution in [0.4, 0.5) is 0 Å². The topological polar surface area (TPSA) is 29.5 Å². The van der Waals surface area contributed by atoms with Gasteiger partial charge < -0.3 is 9.64 Å². The monoisotopic (exact) mass is 193 g/mol. The second-order valence-electron chi connectivity index (χ2n) is 2.90. The summed E-state index contributed by atoms with van der Waals surface area (Å²) in [5, 5.41) is 0. The summed E-state index contributed by atoms with van der Waals surface area (Å²) in [5.41, 5.74) is 0. The van der Waals surface area contributed by atoms with Gasteiger partial charge in [-0.2, -0.15) is 0 Å². The van der Waals surface area contributed by atoms with Crippen molar-refractivity contribution in [3.63, 3.8) is 0 Å². The number of carbonyl (C=O) groups is 1. The minimum absolute atomic E-state index is 0.538. The molecule has 0 saturated carbocycles. The van der Waals surface area contributed by atoms with Crippen molar-refractivity contribution < 1.29 is 9.53 Å². The van der Waals surface area contributed by atoms with E-state index in [1.165, 1.54) is 0 Å². The quantitative estimate of drug-likeness (QED) is 0.641. The summed E-state index contributed by atoms with van der Waals surface area (Å²) in [6.07, 6.45) is 0.842. The van der Waals surface area contributed by atoms with Gasteiger partial charge in [-0.3, -0.25) is 4.79 Å². The van der Waals surface area contributed by atoms with Crippen molar-refractivity contribution in [2.24, 2.45) is 0 Å². The zero-order chi connectivity index (χ0) is 10.2. The van der Waals surface area contributed by atoms with Gasteiger partial charge in [-0.25, -0.2) is 0 Å². The van der Waals surface area contributed by atoms with Gasteiger partial charge >= 0.3 is 0 Å². The molecule has 1 rings (SSSR count). The van der Waals surface area contributed by atoms with Crippen molar-refractivity contribution in [3.05, 3.63) is 30.3 Å². The molecule has 76 valence electrons. The van der Waals surface area contributed by atoms with Gasteiger partial charge in [0.05, 0.1) is 6.54 Å². The number of carbonyl (C=O) groups excluding carboxylic acids is 1. The summed E-state index contributed by atoms with van der Waals surface area (Å²) in [7, 11) is 0. The van der Waals surface area contributed by atoms with Gasteiger partial charge in [0, 0.05) is 6.54 Å². The molecule has 1 amide bonds. The summed E-state index contributed by atoms with van der Waals surface area (Å²) < 4.78 is 5.44. The van der Waals surface area contributed by atoms with Crippen molar-refractivity contribution in [1.82, 2.24) is 4.90 Å². The van der Waals surface area contributed by atoms with Crippen LogP contribution in [0.1, 0.15) is 6.92 Å². The maximum Gasteiger partial charge on any atom is 0.209 e. The molecule has 1 aromatic carbocycles. The normalized spacial score (nSPS) is 9.50. The van der Waals surface area contributed by atoms with Gasteiger partial charge in [-0.05, 0) is 19.1 Å². The lowest BCUT2D eigenvalue weighted by atomic mass is 10.3. The van der Waals surface area contributed by atoms with E-state index in [-0.39, 0.29) is 0 Å². The van der Waals surface area contributed by atoms with Gasteiger partial charge in [0.2, 0.25) is 6.41 Å². The summed E-state index contributed by atoms with van der Waals surface area (Å²) in [6, 6.07) is 9.59. The zero-order valence-corrected chi connectivity index (χ0v) is 8.35. The van der Waals surface area contributed by atoms with E-state index in [0.29, 0.717) is 13.2 Å². The lowest BCUT2D eigenvalue weighted by Crippen LogP contribution is -2.26. The molecule has 0 fully saturated rings. The molecule has 0 N–H and O–H groups in total. The van der Waals surface area contributed by atoms with Crippen LogP contribution >= 0.6 is 0 Å². The van der Waals surface area contributed by atoms with Gasteiger partial charge in [-0.1, -0.05) is 18.2 Å². The fourth-order valence-electron chi connectivity index (χ4n) is 1.08. The highest BCUT2D eigenvalue weighted by Crippen LogP contribution is 2.07. The molecule has 0 aliphatic heterocycles. The summed E-state index contributed by atoms with van der Waals surface area (Å²) in [4.78, 5) is 12.1. The number of ether oxygens (including phenoxy) is 1. The molecule has 0 bridgehead atoms. The van der Waals surface area contributed by atoms with Crippen LogP contribution in [0.5, 0.6) is 5.75 Å². The highest BCUT2D eigenvalue weighted by Gasteiger charge is 1.97. The molecule has 0 aliphatic rings. The fourth-order valence-corrected chi connectivity index (χ4v) is 1.08. The standard InChI is InChI=1S/C11H15NO2/c1-2-12(10-13)8-9-14-11-6-4-3-5-7-11/h3-7,10H,2,8-9H2,1H3. The first kappa shape index (κ1) is 10.6. The lowest BCUT2D eigenvalue weighted by molar-refractivity contribution is -0.118. The second-order valence-corrected chi connectivity index (χ2v) is 2.90. The minimum Gasteiger partial charge on any atom is -0.492 e. The Morgan fingerprint density at radius 3 is 2.64 bits per heavy atom. The second kappa shape index (κ2) is 6.02. The van der Waals surface area contributed by atoms with Crippen LogP contribution in [0.15, 0.2) is 30.3 Å². The number of nitrogens with zero attached hydrogens (tertiary/aromatic N) is 1. The van der Waals surface area contributed by atoms with E-state index in [1.54, 1.807) is 4.90 Å². The zero-order valence-electron chi connectivity index (χ0n) is 8.35. The van der Waals surface area contributed by atoms with E-state index >= 15 is 0 Å². The third-order valence-corrected chi connectivity index (χ3v) is 1.95. The fraction of sp³-hybridized carbons (Fsp3) is 0.364. The van der Waals surface area contributed by atoms with E-state index in [2.05, 4.69) is 0 Å². The molecule has 3 heteroatoms. The summed E-state index contributed by atoms with van der Waals surface area (Å²) in [6.45, 7) is 3.84. The molecule has 0 radical (unpaired) electrons. The Morgan fingerprint density at radius 2 is 2.07 bits per heavy atom. The molecular weight excluding hydrogens is 178 g/mol. The first-order valence-electron chi connectivity index (χ1n) is 4.74. The Morgan fingerprint density at radius 1 is 1.36 bits per heavy atom. The first-order chi connectivity index (χ1) is 6.86. The number of likely N-dealkylation sites (N-methyl/N-ethyl adjacent to an activating group) is 1. The van der Waals surface area contributed by atoms with Crippen LogP contribution in [0.3, 0.4) is 0 Å². The van der Waals surface area contributed by atoms with Crippen LogP contribution in [0.2, 0.25) is 0 Å². The average Bonchev–Trinajstić information content (AvgIpc) is 2.26. The summed E-state index contributed by atoms with van der Waals surface area (Å²) >= 11 is 0. The van der Waals surface area contributed by atoms with Gasteiger partial charge in [0.15, 0.2) is 0 Å². The largest absolute Gasteiger partial charge is 0.492 e. The Hall–Kier alpha value is -1.51. The van der Waals surface area contributed by atoms with Crippen molar-refractivity contribution in [3.8, 4) is 5.75 Å². The molecule has 14 heavy (non-hydrogen) atoms. The van der Waals surface area contributed by atoms with Crippen LogP contribution in [0.25, 0.3) is 0 Å². The van der Waals surface area contributed by atoms with Gasteiger partial charge in [0.1, 0.15) is 12.4 Å². The van der Waals surface area contributed by atoms with Gasteiger partial charge in [0.25, 0.3) is 0 Å². The SMILES string of the molecule is CCN(C=O)CCOc1ccccc1. The highest BCUT2D eigenvalue weighted by atomic mass is 16.5. The third-order valence-electron chi connectivity index (χ3n) is 1.95. The van der Waals surface area contributed by atoms with Crippen molar-refractivity contribution >= 4 is 6.41 Å². The Kier molecular flexibility index (Phi) is 4.55. The molecular formula is C11H15NO2. The molecule has 0 aromatic heterocycles. The number of amides is 1. The van der Waals surface area contributed by atoms with Crippen molar-refractivity contribution in [2.45, 2.75) is 6.92 Å². The van der Waals surface area contributed by atoms with E-state index in [1.807, 2.05) is 37.3 Å². The number of para-hydroxylation sites is 1. The van der Waals surface area contributed by atoms with E-state index in [0.717, 1.165) is 18.7 Å². The number of hydrogen-bond donors (Lipinski definition) is 0. The molecule has 3 nitrogen and oxygen atoms in total. The maximum atomic E-state index is 10.4. The molecule has 0 heterocycles. The van der Waals surface area contributed by atoms with Crippen LogP contribution < -0.4 is 4.74 Å². The van der Waals surface area contributed by atoms with Crippen molar-refractivity contribution in [1.29, 1.82) is 0 Å². The molecule has 0 spiro atoms. The van der Waals surface area contributed by atoms with E-state index in [4.69, 9.17) is 4.74 Å². The minimum atomic E-state index is 0.538. The average molecular weight is 193 g/mol. The van der Waals surface area contributed by atoms with Crippen molar-refractivity contribution in [2.75, 3.05) is 19.7 Å². The molecule has 0 saturated heterocycles. The lowest BCUT2D eigenvalue weighted by Gasteiger charge is -2.14. The number of rotatable bonds is 6. The first-order valence-corrected chi connectivity index (χ1v) is 4.74. The molecule has 0 unspecified atom stereocenters. The van der Waals surface area contributed by atoms with E-state index in [9.17, 15) is 4.79 Å². The number of hydrogen-bond acceptors (Lipinski definition) is 2. The third kappa shape index (κ3) is 3.47. The Balaban J connectivity index is 2.25. The van der Waals surface area contributed by atoms with Crippen LogP contribution in [-0.4, -0.2) is 31.0 Å². The smallest absolute Gasteiger partial charge is 0.209 e. The Bertz CT molecular complexity index is 261. The number of benzene rings is 1. The van der Waals surface area contributed by atoms with Crippen LogP contribution in [-0.2, 0) is 4.79 Å². The molecule has 1 aromatic rings.